The third-order valence-electron chi connectivity index (χ3n) is 4.35. The van der Waals surface area contributed by atoms with E-state index in [1.807, 2.05) is 19.9 Å². The summed E-state index contributed by atoms with van der Waals surface area (Å²) >= 11 is 0. The summed E-state index contributed by atoms with van der Waals surface area (Å²) in [5.74, 6) is -1.07. The summed E-state index contributed by atoms with van der Waals surface area (Å²) in [6.07, 6.45) is 0.955. The number of benzene rings is 1. The minimum Gasteiger partial charge on any atom is -0.480 e. The van der Waals surface area contributed by atoms with E-state index in [4.69, 9.17) is 0 Å². The van der Waals surface area contributed by atoms with E-state index < -0.39 is 22.0 Å². The summed E-state index contributed by atoms with van der Waals surface area (Å²) in [6.45, 7) is 7.57. The molecule has 6 heteroatoms. The molecule has 0 saturated carbocycles. The molecule has 0 aromatic heterocycles. The van der Waals surface area contributed by atoms with E-state index in [2.05, 4.69) is 0 Å². The van der Waals surface area contributed by atoms with Gasteiger partial charge in [0.2, 0.25) is 10.0 Å². The summed E-state index contributed by atoms with van der Waals surface area (Å²) < 4.78 is 27.1. The van der Waals surface area contributed by atoms with Gasteiger partial charge < -0.3 is 5.11 Å². The SMILES string of the molecule is Cc1cc(C)c(C)c(S(=O)(=O)N2CCC[C@H]2C(=O)O)c1C. The minimum atomic E-state index is -3.79. The average molecular weight is 311 g/mol. The van der Waals surface area contributed by atoms with Gasteiger partial charge in [-0.05, 0) is 62.8 Å². The molecule has 1 atom stereocenters. The predicted molar refractivity (Wildman–Crippen MR) is 79.9 cm³/mol. The highest BCUT2D eigenvalue weighted by Crippen LogP contribution is 2.32. The first-order valence-electron chi connectivity index (χ1n) is 7.00. The Hall–Kier alpha value is -1.40. The first-order chi connectivity index (χ1) is 9.67. The van der Waals surface area contributed by atoms with Crippen LogP contribution in [0.2, 0.25) is 0 Å². The Morgan fingerprint density at radius 2 is 1.71 bits per heavy atom. The van der Waals surface area contributed by atoms with Crippen LogP contribution in [0.25, 0.3) is 0 Å². The van der Waals surface area contributed by atoms with Crippen molar-refractivity contribution in [3.05, 3.63) is 28.3 Å². The number of hydrogen-bond donors (Lipinski definition) is 1. The smallest absolute Gasteiger partial charge is 0.322 e. The maximum absolute atomic E-state index is 13.0. The zero-order chi connectivity index (χ0) is 15.9. The number of rotatable bonds is 3. The molecule has 0 spiro atoms. The Morgan fingerprint density at radius 1 is 1.19 bits per heavy atom. The molecule has 1 aliphatic heterocycles. The van der Waals surface area contributed by atoms with E-state index in [0.29, 0.717) is 24.0 Å². The zero-order valence-corrected chi connectivity index (χ0v) is 13.6. The average Bonchev–Trinajstić information content (AvgIpc) is 2.86. The van der Waals surface area contributed by atoms with Crippen molar-refractivity contribution in [2.45, 2.75) is 51.5 Å². The second-order valence-corrected chi connectivity index (χ2v) is 7.53. The van der Waals surface area contributed by atoms with Crippen molar-refractivity contribution < 1.29 is 18.3 Å². The van der Waals surface area contributed by atoms with Crippen LogP contribution in [0, 0.1) is 27.7 Å². The number of aryl methyl sites for hydroxylation is 2. The monoisotopic (exact) mass is 311 g/mol. The summed E-state index contributed by atoms with van der Waals surface area (Å²) in [5.41, 5.74) is 3.22. The standard InChI is InChI=1S/C15H21NO4S/c1-9-8-10(2)12(4)14(11(9)3)21(19,20)16-7-5-6-13(16)15(17)18/h8,13H,5-7H2,1-4H3,(H,17,18)/t13-/m0/s1. The molecule has 0 amide bonds. The quantitative estimate of drug-likeness (QED) is 0.928. The van der Waals surface area contributed by atoms with Crippen LogP contribution < -0.4 is 0 Å². The maximum Gasteiger partial charge on any atom is 0.322 e. The van der Waals surface area contributed by atoms with Gasteiger partial charge in [0.15, 0.2) is 0 Å². The fourth-order valence-corrected chi connectivity index (χ4v) is 5.19. The lowest BCUT2D eigenvalue weighted by Crippen LogP contribution is -2.41. The van der Waals surface area contributed by atoms with Crippen molar-refractivity contribution >= 4 is 16.0 Å². The summed E-state index contributed by atoms with van der Waals surface area (Å²) in [4.78, 5) is 11.6. The van der Waals surface area contributed by atoms with Crippen LogP contribution in [0.3, 0.4) is 0 Å². The molecule has 0 unspecified atom stereocenters. The van der Waals surface area contributed by atoms with Gasteiger partial charge in [-0.3, -0.25) is 4.79 Å². The van der Waals surface area contributed by atoms with E-state index >= 15 is 0 Å². The Kier molecular flexibility index (Phi) is 4.13. The maximum atomic E-state index is 13.0. The van der Waals surface area contributed by atoms with Crippen molar-refractivity contribution in [1.29, 1.82) is 0 Å². The number of carboxylic acids is 1. The number of carbonyl (C=O) groups is 1. The molecule has 2 rings (SSSR count). The third kappa shape index (κ3) is 2.58. The minimum absolute atomic E-state index is 0.269. The molecule has 0 aliphatic carbocycles. The first kappa shape index (κ1) is 16.0. The van der Waals surface area contributed by atoms with Crippen LogP contribution in [0.5, 0.6) is 0 Å². The predicted octanol–water partition coefficient (Wildman–Crippen LogP) is 2.16. The number of hydrogen-bond acceptors (Lipinski definition) is 3. The van der Waals surface area contributed by atoms with Crippen LogP contribution in [-0.4, -0.2) is 36.4 Å². The highest BCUT2D eigenvalue weighted by atomic mass is 32.2. The molecule has 116 valence electrons. The van der Waals surface area contributed by atoms with Gasteiger partial charge in [-0.15, -0.1) is 0 Å². The number of aliphatic carboxylic acids is 1. The molecule has 0 radical (unpaired) electrons. The second kappa shape index (κ2) is 5.42. The number of carboxylic acid groups (broad SMARTS) is 1. The summed E-state index contributed by atoms with van der Waals surface area (Å²) in [6, 6.07) is 1.01. The molecule has 1 N–H and O–H groups in total. The lowest BCUT2D eigenvalue weighted by atomic mass is 10.0. The van der Waals surface area contributed by atoms with Gasteiger partial charge in [-0.2, -0.15) is 4.31 Å². The summed E-state index contributed by atoms with van der Waals surface area (Å²) in [7, 11) is -3.79. The van der Waals surface area contributed by atoms with Crippen molar-refractivity contribution in [3.8, 4) is 0 Å². The topological polar surface area (TPSA) is 74.7 Å². The lowest BCUT2D eigenvalue weighted by molar-refractivity contribution is -0.140. The Morgan fingerprint density at radius 3 is 2.19 bits per heavy atom. The van der Waals surface area contributed by atoms with Crippen LogP contribution in [0.4, 0.5) is 0 Å². The highest BCUT2D eigenvalue weighted by molar-refractivity contribution is 7.89. The normalized spacial score (nSPS) is 19.9. The largest absolute Gasteiger partial charge is 0.480 e. The molecule has 1 aromatic rings. The number of nitrogens with zero attached hydrogens (tertiary/aromatic N) is 1. The number of sulfonamides is 1. The molecule has 0 bridgehead atoms. The Labute approximate surface area is 125 Å². The van der Waals surface area contributed by atoms with Crippen molar-refractivity contribution in [2.75, 3.05) is 6.54 Å². The fourth-order valence-electron chi connectivity index (χ4n) is 2.96. The lowest BCUT2D eigenvalue weighted by Gasteiger charge is -2.24. The van der Waals surface area contributed by atoms with Gasteiger partial charge >= 0.3 is 5.97 Å². The Bertz CT molecular complexity index is 668. The van der Waals surface area contributed by atoms with Gasteiger partial charge in [0.1, 0.15) is 6.04 Å². The van der Waals surface area contributed by atoms with Gasteiger partial charge in [-0.1, -0.05) is 6.07 Å². The van der Waals surface area contributed by atoms with Gasteiger partial charge in [0.25, 0.3) is 0 Å². The van der Waals surface area contributed by atoms with E-state index in [1.165, 1.54) is 0 Å². The van der Waals surface area contributed by atoms with Crippen molar-refractivity contribution in [1.82, 2.24) is 4.31 Å². The first-order valence-corrected chi connectivity index (χ1v) is 8.44. The third-order valence-corrected chi connectivity index (χ3v) is 6.54. The van der Waals surface area contributed by atoms with Crippen LogP contribution >= 0.6 is 0 Å². The molecular weight excluding hydrogens is 290 g/mol. The van der Waals surface area contributed by atoms with E-state index in [-0.39, 0.29) is 11.4 Å². The van der Waals surface area contributed by atoms with Crippen molar-refractivity contribution in [3.63, 3.8) is 0 Å². The fraction of sp³-hybridized carbons (Fsp3) is 0.533. The molecule has 1 fully saturated rings. The van der Waals surface area contributed by atoms with E-state index in [9.17, 15) is 18.3 Å². The van der Waals surface area contributed by atoms with Crippen LogP contribution in [0.15, 0.2) is 11.0 Å². The van der Waals surface area contributed by atoms with E-state index in [0.717, 1.165) is 15.4 Å². The molecular formula is C15H21NO4S. The van der Waals surface area contributed by atoms with Crippen LogP contribution in [0.1, 0.15) is 35.1 Å². The zero-order valence-electron chi connectivity index (χ0n) is 12.8. The molecule has 1 saturated heterocycles. The van der Waals surface area contributed by atoms with Gasteiger partial charge in [0, 0.05) is 6.54 Å². The van der Waals surface area contributed by atoms with Crippen LogP contribution in [-0.2, 0) is 14.8 Å². The van der Waals surface area contributed by atoms with E-state index in [1.54, 1.807) is 13.8 Å². The van der Waals surface area contributed by atoms with Gasteiger partial charge in [-0.25, -0.2) is 8.42 Å². The highest BCUT2D eigenvalue weighted by Gasteiger charge is 2.40. The Balaban J connectivity index is 2.63. The molecule has 1 heterocycles. The molecule has 1 aromatic carbocycles. The van der Waals surface area contributed by atoms with Crippen molar-refractivity contribution in [2.24, 2.45) is 0 Å². The second-order valence-electron chi connectivity index (χ2n) is 5.70. The van der Waals surface area contributed by atoms with Gasteiger partial charge in [0.05, 0.1) is 4.90 Å². The molecule has 1 aliphatic rings. The summed E-state index contributed by atoms with van der Waals surface area (Å²) in [5, 5.41) is 9.24. The molecule has 5 nitrogen and oxygen atoms in total. The molecule has 21 heavy (non-hydrogen) atoms.